The van der Waals surface area contributed by atoms with Crippen LogP contribution in [-0.4, -0.2) is 39.3 Å². The Hall–Kier alpha value is -0.400. The maximum absolute atomic E-state index is 12.5. The van der Waals surface area contributed by atoms with Crippen molar-refractivity contribution in [2.24, 2.45) is 0 Å². The molecule has 0 radical (unpaired) electrons. The third-order valence-electron chi connectivity index (χ3n) is 8.38. The highest BCUT2D eigenvalue weighted by Crippen LogP contribution is 2.37. The molecule has 0 amide bonds. The average Bonchev–Trinajstić information content (AvgIpc) is 3.00. The molecule has 1 atom stereocenters. The van der Waals surface area contributed by atoms with E-state index in [1.54, 1.807) is 0 Å². The van der Waals surface area contributed by atoms with E-state index in [1.165, 1.54) is 135 Å². The van der Waals surface area contributed by atoms with Crippen molar-refractivity contribution in [1.29, 1.82) is 0 Å². The van der Waals surface area contributed by atoms with Gasteiger partial charge in [0, 0.05) is 12.8 Å². The molecule has 0 aromatic rings. The molecular formula is C36H71O7PS. The van der Waals surface area contributed by atoms with Crippen LogP contribution in [0.4, 0.5) is 0 Å². The number of thioether (sulfide) groups is 1. The lowest BCUT2D eigenvalue weighted by Crippen LogP contribution is -2.22. The Morgan fingerprint density at radius 3 is 1.22 bits per heavy atom. The number of phosphoric ester groups is 1. The SMILES string of the molecule is CCCCCCCCCCCCCCCCC(=O)S[C@H](COC(=O)CCCCCCCCCCCCCCC)COP(=O)(O)O. The van der Waals surface area contributed by atoms with E-state index >= 15 is 0 Å². The zero-order valence-electron chi connectivity index (χ0n) is 29.3. The highest BCUT2D eigenvalue weighted by molar-refractivity contribution is 8.14. The normalized spacial score (nSPS) is 12.4. The van der Waals surface area contributed by atoms with E-state index < -0.39 is 13.1 Å². The second kappa shape index (κ2) is 33.5. The highest BCUT2D eigenvalue weighted by Gasteiger charge is 2.22. The van der Waals surface area contributed by atoms with Gasteiger partial charge in [0.2, 0.25) is 0 Å². The molecule has 268 valence electrons. The van der Waals surface area contributed by atoms with E-state index in [4.69, 9.17) is 14.5 Å². The third kappa shape index (κ3) is 36.3. The molecule has 45 heavy (non-hydrogen) atoms. The first-order valence-electron chi connectivity index (χ1n) is 18.8. The largest absolute Gasteiger partial charge is 0.469 e. The van der Waals surface area contributed by atoms with Crippen LogP contribution in [0.3, 0.4) is 0 Å². The Balaban J connectivity index is 3.92. The predicted molar refractivity (Wildman–Crippen MR) is 191 cm³/mol. The molecule has 0 rings (SSSR count). The number of hydrogen-bond donors (Lipinski definition) is 2. The summed E-state index contributed by atoms with van der Waals surface area (Å²) in [6.07, 6.45) is 34.3. The van der Waals surface area contributed by atoms with Gasteiger partial charge in [-0.05, 0) is 12.8 Å². The molecule has 9 heteroatoms. The molecular weight excluding hydrogens is 607 g/mol. The highest BCUT2D eigenvalue weighted by atomic mass is 32.2. The Morgan fingerprint density at radius 1 is 0.533 bits per heavy atom. The second-order valence-corrected chi connectivity index (χ2v) is 15.5. The molecule has 0 heterocycles. The molecule has 0 bridgehead atoms. The van der Waals surface area contributed by atoms with Crippen LogP contribution in [0.2, 0.25) is 0 Å². The molecule has 7 nitrogen and oxygen atoms in total. The summed E-state index contributed by atoms with van der Waals surface area (Å²) in [5, 5.41) is -0.687. The van der Waals surface area contributed by atoms with Crippen LogP contribution in [0.5, 0.6) is 0 Å². The Kier molecular flexibility index (Phi) is 33.2. The molecule has 0 saturated carbocycles. The van der Waals surface area contributed by atoms with E-state index in [9.17, 15) is 14.2 Å². The second-order valence-electron chi connectivity index (χ2n) is 12.9. The summed E-state index contributed by atoms with van der Waals surface area (Å²) in [5.41, 5.74) is 0. The quantitative estimate of drug-likeness (QED) is 0.0387. The average molecular weight is 679 g/mol. The molecule has 0 fully saturated rings. The fourth-order valence-corrected chi connectivity index (χ4v) is 6.93. The maximum Gasteiger partial charge on any atom is 0.469 e. The van der Waals surface area contributed by atoms with E-state index in [1.807, 2.05) is 0 Å². The van der Waals surface area contributed by atoms with Crippen molar-refractivity contribution >= 4 is 30.7 Å². The van der Waals surface area contributed by atoms with Crippen LogP contribution in [0.1, 0.15) is 200 Å². The van der Waals surface area contributed by atoms with Crippen LogP contribution in [-0.2, 0) is 23.4 Å². The van der Waals surface area contributed by atoms with E-state index in [-0.39, 0.29) is 24.3 Å². The number of phosphoric acid groups is 1. The molecule has 0 aromatic heterocycles. The zero-order chi connectivity index (χ0) is 33.3. The van der Waals surface area contributed by atoms with Gasteiger partial charge in [0.05, 0.1) is 11.9 Å². The molecule has 0 aromatic carbocycles. The maximum atomic E-state index is 12.5. The van der Waals surface area contributed by atoms with Crippen molar-refractivity contribution < 1.29 is 33.2 Å². The zero-order valence-corrected chi connectivity index (χ0v) is 31.0. The van der Waals surface area contributed by atoms with Gasteiger partial charge < -0.3 is 14.5 Å². The van der Waals surface area contributed by atoms with Gasteiger partial charge in [-0.2, -0.15) is 0 Å². The Bertz CT molecular complexity index is 716. The van der Waals surface area contributed by atoms with Crippen molar-refractivity contribution in [3.8, 4) is 0 Å². The van der Waals surface area contributed by atoms with Gasteiger partial charge >= 0.3 is 13.8 Å². The first-order valence-corrected chi connectivity index (χ1v) is 21.2. The first kappa shape index (κ1) is 44.6. The molecule has 0 spiro atoms. The lowest BCUT2D eigenvalue weighted by molar-refractivity contribution is -0.143. The lowest BCUT2D eigenvalue weighted by Gasteiger charge is -2.16. The fourth-order valence-electron chi connectivity index (χ4n) is 5.55. The molecule has 0 saturated heterocycles. The predicted octanol–water partition coefficient (Wildman–Crippen LogP) is 11.6. The fraction of sp³-hybridized carbons (Fsp3) is 0.944. The van der Waals surface area contributed by atoms with Gasteiger partial charge in [-0.1, -0.05) is 186 Å². The number of esters is 1. The summed E-state index contributed by atoms with van der Waals surface area (Å²) >= 11 is 0.976. The molecule has 0 aliphatic carbocycles. The van der Waals surface area contributed by atoms with Gasteiger partial charge in [0.1, 0.15) is 6.61 Å². The number of ether oxygens (including phenoxy) is 1. The number of rotatable bonds is 35. The van der Waals surface area contributed by atoms with Crippen LogP contribution in [0.15, 0.2) is 0 Å². The molecule has 0 aliphatic heterocycles. The monoisotopic (exact) mass is 678 g/mol. The van der Waals surface area contributed by atoms with Crippen molar-refractivity contribution in [2.75, 3.05) is 13.2 Å². The van der Waals surface area contributed by atoms with Gasteiger partial charge in [-0.3, -0.25) is 14.1 Å². The summed E-state index contributed by atoms with van der Waals surface area (Å²) < 4.78 is 21.2. The number of carbonyl (C=O) groups is 2. The van der Waals surface area contributed by atoms with Crippen LogP contribution in [0, 0.1) is 0 Å². The van der Waals surface area contributed by atoms with Crippen LogP contribution in [0.25, 0.3) is 0 Å². The lowest BCUT2D eigenvalue weighted by atomic mass is 10.0. The van der Waals surface area contributed by atoms with Crippen molar-refractivity contribution in [3.63, 3.8) is 0 Å². The van der Waals surface area contributed by atoms with Crippen molar-refractivity contribution in [2.45, 2.75) is 205 Å². The van der Waals surface area contributed by atoms with Crippen LogP contribution < -0.4 is 0 Å². The summed E-state index contributed by atoms with van der Waals surface area (Å²) in [6.45, 7) is 4.07. The van der Waals surface area contributed by atoms with E-state index in [0.29, 0.717) is 12.8 Å². The van der Waals surface area contributed by atoms with E-state index in [0.717, 1.165) is 50.3 Å². The summed E-state index contributed by atoms with van der Waals surface area (Å²) in [7, 11) is -4.67. The number of hydrogen-bond acceptors (Lipinski definition) is 6. The summed E-state index contributed by atoms with van der Waals surface area (Å²) in [6, 6.07) is 0. The minimum atomic E-state index is -4.67. The van der Waals surface area contributed by atoms with Crippen LogP contribution >= 0.6 is 19.6 Å². The Labute approximate surface area is 281 Å². The smallest absolute Gasteiger partial charge is 0.464 e. The van der Waals surface area contributed by atoms with Gasteiger partial charge in [-0.15, -0.1) is 0 Å². The van der Waals surface area contributed by atoms with Gasteiger partial charge in [0.15, 0.2) is 5.12 Å². The van der Waals surface area contributed by atoms with E-state index in [2.05, 4.69) is 18.4 Å². The topological polar surface area (TPSA) is 110 Å². The molecule has 0 aliphatic rings. The number of unbranched alkanes of at least 4 members (excludes halogenated alkanes) is 25. The summed E-state index contributed by atoms with van der Waals surface area (Å²) in [5.74, 6) is -0.334. The molecule has 0 unspecified atom stereocenters. The van der Waals surface area contributed by atoms with Gasteiger partial charge in [0.25, 0.3) is 0 Å². The number of carbonyl (C=O) groups excluding carboxylic acids is 2. The minimum absolute atomic E-state index is 0.0548. The minimum Gasteiger partial charge on any atom is -0.464 e. The van der Waals surface area contributed by atoms with Crippen molar-refractivity contribution in [3.05, 3.63) is 0 Å². The Morgan fingerprint density at radius 2 is 0.867 bits per heavy atom. The molecule has 2 N–H and O–H groups in total. The first-order chi connectivity index (χ1) is 21.8. The summed E-state index contributed by atoms with van der Waals surface area (Å²) in [4.78, 5) is 43.0. The third-order valence-corrected chi connectivity index (χ3v) is 9.93. The van der Waals surface area contributed by atoms with Gasteiger partial charge in [-0.25, -0.2) is 4.57 Å². The van der Waals surface area contributed by atoms with Crippen molar-refractivity contribution in [1.82, 2.24) is 0 Å². The standard InChI is InChI=1S/C36H71O7PS/c1-3-5-7-9-11-13-15-17-19-21-23-25-27-29-31-36(38)45-34(33-43-44(39,40)41)32-42-35(37)30-28-26-24-22-20-18-16-14-12-10-8-6-4-2/h34H,3-33H2,1-2H3,(H2,39,40,41)/t34-/m1/s1.